The van der Waals surface area contributed by atoms with Crippen LogP contribution in [-0.2, 0) is 14.8 Å². The lowest BCUT2D eigenvalue weighted by Crippen LogP contribution is -2.48. The Morgan fingerprint density at radius 2 is 2.24 bits per heavy atom. The average Bonchev–Trinajstić information content (AvgIpc) is 2.91. The van der Waals surface area contributed by atoms with Crippen molar-refractivity contribution in [2.45, 2.75) is 36.4 Å². The fourth-order valence-electron chi connectivity index (χ4n) is 2.60. The molecule has 0 aromatic carbocycles. The summed E-state index contributed by atoms with van der Waals surface area (Å²) in [6.45, 7) is 4.63. The molecule has 1 aromatic rings. The second-order valence-electron chi connectivity index (χ2n) is 5.33. The first-order valence-electron chi connectivity index (χ1n) is 7.33. The van der Waals surface area contributed by atoms with Gasteiger partial charge in [-0.25, -0.2) is 8.42 Å². The van der Waals surface area contributed by atoms with Crippen molar-refractivity contribution in [3.8, 4) is 0 Å². The number of rotatable bonds is 7. The minimum Gasteiger partial charge on any atom is -0.383 e. The van der Waals surface area contributed by atoms with Crippen LogP contribution in [0, 0.1) is 6.92 Å². The second kappa shape index (κ2) is 7.69. The predicted octanol–water partition coefficient (Wildman–Crippen LogP) is 1.84. The third kappa shape index (κ3) is 4.26. The number of ether oxygens (including phenoxy) is 1. The first-order chi connectivity index (χ1) is 10.1. The van der Waals surface area contributed by atoms with E-state index in [1.807, 2.05) is 13.0 Å². The highest BCUT2D eigenvalue weighted by atomic mass is 32.2. The maximum atomic E-state index is 12.8. The van der Waals surface area contributed by atoms with E-state index in [1.54, 1.807) is 17.5 Å². The number of nitrogens with zero attached hydrogens (tertiary/aromatic N) is 1. The molecule has 0 aliphatic carbocycles. The first-order valence-corrected chi connectivity index (χ1v) is 9.59. The number of sulfonamides is 1. The van der Waals surface area contributed by atoms with E-state index in [2.05, 4.69) is 5.32 Å². The first kappa shape index (κ1) is 16.9. The Morgan fingerprint density at radius 1 is 1.43 bits per heavy atom. The average molecular weight is 332 g/mol. The van der Waals surface area contributed by atoms with Gasteiger partial charge in [-0.1, -0.05) is 6.42 Å². The fraction of sp³-hybridized carbons (Fsp3) is 0.714. The summed E-state index contributed by atoms with van der Waals surface area (Å²) in [4.78, 5) is 1.03. The number of thiophene rings is 1. The highest BCUT2D eigenvalue weighted by Crippen LogP contribution is 2.29. The zero-order chi connectivity index (χ0) is 15.3. The largest absolute Gasteiger partial charge is 0.383 e. The molecular formula is C14H24N2O3S2. The van der Waals surface area contributed by atoms with E-state index < -0.39 is 10.0 Å². The standard InChI is InChI=1S/C14H24N2O3S2/c1-12-6-7-14(20-12)21(17,18)16-9-4-3-5-13(16)11-15-8-10-19-2/h6-7,13,15H,3-5,8-11H2,1-2H3. The van der Waals surface area contributed by atoms with Gasteiger partial charge in [0.1, 0.15) is 4.21 Å². The molecule has 120 valence electrons. The number of aryl methyl sites for hydroxylation is 1. The maximum Gasteiger partial charge on any atom is 0.252 e. The van der Waals surface area contributed by atoms with Crippen LogP contribution in [-0.4, -0.2) is 52.1 Å². The summed E-state index contributed by atoms with van der Waals surface area (Å²) in [5.74, 6) is 0. The minimum atomic E-state index is -3.35. The maximum absolute atomic E-state index is 12.8. The molecule has 7 heteroatoms. The van der Waals surface area contributed by atoms with Crippen molar-refractivity contribution in [2.75, 3.05) is 33.4 Å². The van der Waals surface area contributed by atoms with Crippen LogP contribution >= 0.6 is 11.3 Å². The van der Waals surface area contributed by atoms with Crippen LogP contribution in [0.3, 0.4) is 0 Å². The van der Waals surface area contributed by atoms with Crippen molar-refractivity contribution in [3.63, 3.8) is 0 Å². The third-order valence-corrected chi connectivity index (χ3v) is 7.13. The van der Waals surface area contributed by atoms with Gasteiger partial charge < -0.3 is 10.1 Å². The number of methoxy groups -OCH3 is 1. The second-order valence-corrected chi connectivity index (χ2v) is 8.73. The van der Waals surface area contributed by atoms with Gasteiger partial charge in [-0.15, -0.1) is 11.3 Å². The SMILES string of the molecule is COCCNCC1CCCCN1S(=O)(=O)c1ccc(C)s1. The van der Waals surface area contributed by atoms with Gasteiger partial charge in [-0.05, 0) is 31.9 Å². The van der Waals surface area contributed by atoms with Crippen LogP contribution in [0.5, 0.6) is 0 Å². The Labute approximate surface area is 131 Å². The highest BCUT2D eigenvalue weighted by Gasteiger charge is 2.33. The van der Waals surface area contributed by atoms with Crippen LogP contribution in [0.4, 0.5) is 0 Å². The number of hydrogen-bond acceptors (Lipinski definition) is 5. The minimum absolute atomic E-state index is 0.0445. The topological polar surface area (TPSA) is 58.6 Å². The molecule has 0 radical (unpaired) electrons. The van der Waals surface area contributed by atoms with E-state index >= 15 is 0 Å². The Kier molecular flexibility index (Phi) is 6.19. The molecular weight excluding hydrogens is 308 g/mol. The lowest BCUT2D eigenvalue weighted by Gasteiger charge is -2.34. The summed E-state index contributed by atoms with van der Waals surface area (Å²) in [6.07, 6.45) is 2.95. The van der Waals surface area contributed by atoms with Gasteiger partial charge in [0.05, 0.1) is 6.61 Å². The highest BCUT2D eigenvalue weighted by molar-refractivity contribution is 7.91. The zero-order valence-corrected chi connectivity index (χ0v) is 14.3. The fourth-order valence-corrected chi connectivity index (χ4v) is 5.71. The summed E-state index contributed by atoms with van der Waals surface area (Å²) in [7, 11) is -1.69. The molecule has 1 fully saturated rings. The predicted molar refractivity (Wildman–Crippen MR) is 85.3 cm³/mol. The molecule has 1 unspecified atom stereocenters. The molecule has 1 aliphatic heterocycles. The van der Waals surface area contributed by atoms with Crippen LogP contribution in [0.15, 0.2) is 16.3 Å². The zero-order valence-electron chi connectivity index (χ0n) is 12.7. The summed E-state index contributed by atoms with van der Waals surface area (Å²) >= 11 is 1.35. The van der Waals surface area contributed by atoms with E-state index in [1.165, 1.54) is 11.3 Å². The molecule has 21 heavy (non-hydrogen) atoms. The van der Waals surface area contributed by atoms with Gasteiger partial charge in [0.25, 0.3) is 10.0 Å². The molecule has 1 aromatic heterocycles. The summed E-state index contributed by atoms with van der Waals surface area (Å²) in [6, 6.07) is 3.63. The van der Waals surface area contributed by atoms with Gasteiger partial charge in [-0.2, -0.15) is 4.31 Å². The molecule has 2 rings (SSSR count). The number of hydrogen-bond donors (Lipinski definition) is 1. The van der Waals surface area contributed by atoms with E-state index in [0.717, 1.165) is 30.7 Å². The number of piperidine rings is 1. The molecule has 1 N–H and O–H groups in total. The van der Waals surface area contributed by atoms with Crippen molar-refractivity contribution in [3.05, 3.63) is 17.0 Å². The smallest absolute Gasteiger partial charge is 0.252 e. The van der Waals surface area contributed by atoms with Gasteiger partial charge in [0.2, 0.25) is 0 Å². The van der Waals surface area contributed by atoms with Gasteiger partial charge in [0.15, 0.2) is 0 Å². The molecule has 0 saturated carbocycles. The monoisotopic (exact) mass is 332 g/mol. The third-order valence-electron chi connectivity index (χ3n) is 3.71. The molecule has 1 aliphatic rings. The summed E-state index contributed by atoms with van der Waals surface area (Å²) in [5.41, 5.74) is 0. The Morgan fingerprint density at radius 3 is 2.90 bits per heavy atom. The van der Waals surface area contributed by atoms with Crippen molar-refractivity contribution >= 4 is 21.4 Å². The molecule has 0 spiro atoms. The van der Waals surface area contributed by atoms with Crippen LogP contribution in [0.25, 0.3) is 0 Å². The van der Waals surface area contributed by atoms with Crippen molar-refractivity contribution in [1.29, 1.82) is 0 Å². The number of nitrogens with one attached hydrogen (secondary N) is 1. The van der Waals surface area contributed by atoms with Gasteiger partial charge in [0, 0.05) is 37.7 Å². The lowest BCUT2D eigenvalue weighted by atomic mass is 10.1. The van der Waals surface area contributed by atoms with E-state index in [9.17, 15) is 8.42 Å². The Balaban J connectivity index is 2.07. The summed E-state index contributed by atoms with van der Waals surface area (Å²) < 4.78 is 32.7. The Hall–Kier alpha value is -0.470. The van der Waals surface area contributed by atoms with Crippen molar-refractivity contribution in [2.24, 2.45) is 0 Å². The quantitative estimate of drug-likeness (QED) is 0.774. The summed E-state index contributed by atoms with van der Waals surface area (Å²) in [5, 5.41) is 3.29. The van der Waals surface area contributed by atoms with E-state index in [0.29, 0.717) is 23.9 Å². The van der Waals surface area contributed by atoms with Gasteiger partial charge >= 0.3 is 0 Å². The molecule has 2 heterocycles. The molecule has 0 amide bonds. The lowest BCUT2D eigenvalue weighted by molar-refractivity contribution is 0.191. The molecule has 5 nitrogen and oxygen atoms in total. The van der Waals surface area contributed by atoms with Crippen LogP contribution in [0.1, 0.15) is 24.1 Å². The Bertz CT molecular complexity index is 542. The van der Waals surface area contributed by atoms with Crippen LogP contribution < -0.4 is 5.32 Å². The van der Waals surface area contributed by atoms with Crippen LogP contribution in [0.2, 0.25) is 0 Å². The molecule has 1 atom stereocenters. The van der Waals surface area contributed by atoms with E-state index in [4.69, 9.17) is 4.74 Å². The normalized spacial score (nSPS) is 20.8. The molecule has 1 saturated heterocycles. The van der Waals surface area contributed by atoms with Crippen molar-refractivity contribution < 1.29 is 13.2 Å². The van der Waals surface area contributed by atoms with Crippen molar-refractivity contribution in [1.82, 2.24) is 9.62 Å². The van der Waals surface area contributed by atoms with E-state index in [-0.39, 0.29) is 6.04 Å². The molecule has 0 bridgehead atoms. The van der Waals surface area contributed by atoms with Gasteiger partial charge in [-0.3, -0.25) is 0 Å².